The Kier molecular flexibility index (Phi) is 5.97. The molecule has 1 atom stereocenters. The molecule has 4 rings (SSSR count). The normalized spacial score (nSPS) is 13.1. The Hall–Kier alpha value is -3.25. The maximum absolute atomic E-state index is 14.0. The van der Waals surface area contributed by atoms with Crippen molar-refractivity contribution in [2.75, 3.05) is 4.72 Å². The third kappa shape index (κ3) is 4.91. The summed E-state index contributed by atoms with van der Waals surface area (Å²) < 4.78 is 75.2. The number of aryl methyl sites for hydroxylation is 2. The Morgan fingerprint density at radius 2 is 1.55 bits per heavy atom. The van der Waals surface area contributed by atoms with Crippen molar-refractivity contribution in [3.05, 3.63) is 70.2 Å². The minimum atomic E-state index is -4.81. The number of hydrogen-bond donors (Lipinski definition) is 1. The lowest BCUT2D eigenvalue weighted by Gasteiger charge is -2.22. The van der Waals surface area contributed by atoms with Crippen LogP contribution in [0.3, 0.4) is 0 Å². The summed E-state index contributed by atoms with van der Waals surface area (Å²) in [5, 5.41) is 0.440. The molecule has 2 aromatic heterocycles. The van der Waals surface area contributed by atoms with Gasteiger partial charge in [-0.15, -0.1) is 11.3 Å². The zero-order valence-corrected chi connectivity index (χ0v) is 18.9. The summed E-state index contributed by atoms with van der Waals surface area (Å²) in [4.78, 5) is 12.1. The van der Waals surface area contributed by atoms with Gasteiger partial charge in [0.25, 0.3) is 15.9 Å². The highest BCUT2D eigenvalue weighted by Crippen LogP contribution is 2.42. The number of alkyl halides is 3. The number of benzene rings is 2. The molecule has 2 aromatic carbocycles. The SMILES string of the molecule is Cc1nc(C)c(C(Oc2nc3ccccc3nc2NS(=O)(=O)c2ccccc2)C(F)(F)F)s1. The van der Waals surface area contributed by atoms with Gasteiger partial charge in [0.15, 0.2) is 0 Å². The van der Waals surface area contributed by atoms with Gasteiger partial charge in [-0.1, -0.05) is 30.3 Å². The molecule has 0 radical (unpaired) electrons. The van der Waals surface area contributed by atoms with E-state index in [0.29, 0.717) is 5.01 Å². The van der Waals surface area contributed by atoms with E-state index in [4.69, 9.17) is 4.74 Å². The summed E-state index contributed by atoms with van der Waals surface area (Å²) in [6.07, 6.45) is -7.22. The summed E-state index contributed by atoms with van der Waals surface area (Å²) in [6, 6.07) is 13.7. The number of anilines is 1. The van der Waals surface area contributed by atoms with E-state index in [1.54, 1.807) is 31.2 Å². The van der Waals surface area contributed by atoms with Crippen molar-refractivity contribution in [1.29, 1.82) is 0 Å². The maximum atomic E-state index is 14.0. The first-order chi connectivity index (χ1) is 15.5. The summed E-state index contributed by atoms with van der Waals surface area (Å²) in [5.41, 5.74) is 0.692. The minimum Gasteiger partial charge on any atom is -0.456 e. The smallest absolute Gasteiger partial charge is 0.430 e. The molecule has 0 fully saturated rings. The lowest BCUT2D eigenvalue weighted by molar-refractivity contribution is -0.197. The predicted molar refractivity (Wildman–Crippen MR) is 118 cm³/mol. The summed E-state index contributed by atoms with van der Waals surface area (Å²) in [7, 11) is -4.17. The average Bonchev–Trinajstić information content (AvgIpc) is 3.09. The van der Waals surface area contributed by atoms with E-state index < -0.39 is 34.0 Å². The van der Waals surface area contributed by atoms with Crippen molar-refractivity contribution < 1.29 is 26.3 Å². The molecule has 1 unspecified atom stereocenters. The summed E-state index contributed by atoms with van der Waals surface area (Å²) in [6.45, 7) is 3.04. The van der Waals surface area contributed by atoms with Gasteiger partial charge >= 0.3 is 6.18 Å². The Balaban J connectivity index is 1.82. The Labute approximate surface area is 191 Å². The Bertz CT molecular complexity index is 1410. The topological polar surface area (TPSA) is 94.1 Å². The van der Waals surface area contributed by atoms with E-state index in [0.717, 1.165) is 11.3 Å². The third-order valence-electron chi connectivity index (χ3n) is 4.53. The van der Waals surface area contributed by atoms with Crippen molar-refractivity contribution in [2.45, 2.75) is 31.0 Å². The van der Waals surface area contributed by atoms with Crippen LogP contribution in [0.25, 0.3) is 11.0 Å². The molecule has 4 aromatic rings. The molecule has 0 aliphatic rings. The van der Waals surface area contributed by atoms with Crippen molar-refractivity contribution in [3.63, 3.8) is 0 Å². The summed E-state index contributed by atoms with van der Waals surface area (Å²) in [5.74, 6) is -1.05. The quantitative estimate of drug-likeness (QED) is 0.397. The van der Waals surface area contributed by atoms with Crippen molar-refractivity contribution in [1.82, 2.24) is 15.0 Å². The molecule has 12 heteroatoms. The first kappa shape index (κ1) is 22.9. The van der Waals surface area contributed by atoms with E-state index in [-0.39, 0.29) is 26.5 Å². The van der Waals surface area contributed by atoms with Crippen LogP contribution in [0.2, 0.25) is 0 Å². The standard InChI is InChI=1S/C21H17F3N4O3S2/c1-12-17(32-13(2)25-12)18(21(22,23)24)31-20-19(26-15-10-6-7-11-16(15)27-20)28-33(29,30)14-8-4-3-5-9-14/h3-11,18H,1-2H3,(H,26,28). The zero-order chi connectivity index (χ0) is 23.8. The van der Waals surface area contributed by atoms with Crippen LogP contribution in [-0.4, -0.2) is 29.5 Å². The number of hydrogen-bond acceptors (Lipinski definition) is 7. The number of ether oxygens (including phenoxy) is 1. The van der Waals surface area contributed by atoms with E-state index in [1.165, 1.54) is 37.3 Å². The number of halogens is 3. The molecule has 33 heavy (non-hydrogen) atoms. The number of nitrogens with zero attached hydrogens (tertiary/aromatic N) is 3. The van der Waals surface area contributed by atoms with Gasteiger partial charge in [-0.05, 0) is 38.1 Å². The highest BCUT2D eigenvalue weighted by Gasteiger charge is 2.46. The predicted octanol–water partition coefficient (Wildman–Crippen LogP) is 5.19. The maximum Gasteiger partial charge on any atom is 0.430 e. The summed E-state index contributed by atoms with van der Waals surface area (Å²) >= 11 is 0.845. The lowest BCUT2D eigenvalue weighted by atomic mass is 10.2. The van der Waals surface area contributed by atoms with Crippen LogP contribution in [0.4, 0.5) is 19.0 Å². The number of nitrogens with one attached hydrogen (secondary N) is 1. The Morgan fingerprint density at radius 3 is 2.12 bits per heavy atom. The second-order valence-corrected chi connectivity index (χ2v) is 9.92. The first-order valence-electron chi connectivity index (χ1n) is 9.56. The van der Waals surface area contributed by atoms with Crippen LogP contribution in [0.1, 0.15) is 21.7 Å². The fourth-order valence-corrected chi connectivity index (χ4v) is 5.09. The van der Waals surface area contributed by atoms with Gasteiger partial charge in [0.1, 0.15) is 0 Å². The van der Waals surface area contributed by atoms with Gasteiger partial charge in [0.2, 0.25) is 11.9 Å². The van der Waals surface area contributed by atoms with Crippen LogP contribution in [-0.2, 0) is 10.0 Å². The van der Waals surface area contributed by atoms with E-state index >= 15 is 0 Å². The van der Waals surface area contributed by atoms with Gasteiger partial charge in [0, 0.05) is 0 Å². The number of sulfonamides is 1. The molecule has 0 amide bonds. The molecule has 172 valence electrons. The van der Waals surface area contributed by atoms with Crippen molar-refractivity contribution >= 4 is 38.2 Å². The third-order valence-corrected chi connectivity index (χ3v) is 7.00. The van der Waals surface area contributed by atoms with Crippen LogP contribution < -0.4 is 9.46 Å². The van der Waals surface area contributed by atoms with E-state index in [9.17, 15) is 21.6 Å². The molecule has 7 nitrogen and oxygen atoms in total. The lowest BCUT2D eigenvalue weighted by Crippen LogP contribution is -2.27. The van der Waals surface area contributed by atoms with Gasteiger partial charge in [-0.2, -0.15) is 13.2 Å². The molecule has 0 saturated carbocycles. The molecule has 2 heterocycles. The van der Waals surface area contributed by atoms with Crippen LogP contribution >= 0.6 is 11.3 Å². The molecule has 0 bridgehead atoms. The number of rotatable bonds is 6. The molecule has 0 aliphatic carbocycles. The van der Waals surface area contributed by atoms with Gasteiger partial charge in [-0.3, -0.25) is 4.72 Å². The molecular weight excluding hydrogens is 477 g/mol. The average molecular weight is 495 g/mol. The minimum absolute atomic E-state index is 0.0905. The molecule has 1 N–H and O–H groups in total. The molecular formula is C21H17F3N4O3S2. The second-order valence-electron chi connectivity index (χ2n) is 7.01. The Morgan fingerprint density at radius 1 is 0.939 bits per heavy atom. The monoisotopic (exact) mass is 494 g/mol. The number of aromatic nitrogens is 3. The largest absolute Gasteiger partial charge is 0.456 e. The van der Waals surface area contributed by atoms with E-state index in [1.807, 2.05) is 0 Å². The van der Waals surface area contributed by atoms with Gasteiger partial charge in [-0.25, -0.2) is 23.4 Å². The molecule has 0 aliphatic heterocycles. The number of fused-ring (bicyclic) bond motifs is 1. The molecule has 0 saturated heterocycles. The van der Waals surface area contributed by atoms with Gasteiger partial charge < -0.3 is 4.74 Å². The highest BCUT2D eigenvalue weighted by molar-refractivity contribution is 7.92. The van der Waals surface area contributed by atoms with Gasteiger partial charge in [0.05, 0.1) is 31.5 Å². The van der Waals surface area contributed by atoms with Crippen LogP contribution in [0.15, 0.2) is 59.5 Å². The van der Waals surface area contributed by atoms with E-state index in [2.05, 4.69) is 19.7 Å². The second kappa shape index (κ2) is 8.60. The highest BCUT2D eigenvalue weighted by atomic mass is 32.2. The first-order valence-corrected chi connectivity index (χ1v) is 11.9. The molecule has 0 spiro atoms. The fourth-order valence-electron chi connectivity index (χ4n) is 3.09. The fraction of sp³-hybridized carbons (Fsp3) is 0.190. The van der Waals surface area contributed by atoms with Crippen molar-refractivity contribution in [3.8, 4) is 5.88 Å². The zero-order valence-electron chi connectivity index (χ0n) is 17.3. The number of thiazole rings is 1. The number of para-hydroxylation sites is 2. The van der Waals surface area contributed by atoms with Crippen LogP contribution in [0, 0.1) is 13.8 Å². The van der Waals surface area contributed by atoms with Crippen LogP contribution in [0.5, 0.6) is 5.88 Å². The van der Waals surface area contributed by atoms with Crippen molar-refractivity contribution in [2.24, 2.45) is 0 Å².